The van der Waals surface area contributed by atoms with E-state index in [1.54, 1.807) is 0 Å². The van der Waals surface area contributed by atoms with Crippen molar-refractivity contribution in [3.63, 3.8) is 0 Å². The maximum Gasteiger partial charge on any atom is 0.511 e. The highest BCUT2D eigenvalue weighted by Crippen LogP contribution is 2.51. The van der Waals surface area contributed by atoms with Crippen molar-refractivity contribution in [2.75, 3.05) is 13.2 Å². The van der Waals surface area contributed by atoms with Crippen molar-refractivity contribution in [2.45, 2.75) is 207 Å². The average molecular weight is 663 g/mol. The standard InChI is InChI=1S/C41H74O6/c1-5-9-13-17-19-21-25-29-33-45-38-36(32-28-24-16-12-8-4)35(31-27-23-15-11-7-3)37(42)39(47-41(43)44)40(38)46-34-30-26-22-20-18-14-10-6-2/h42H,5-34H2,1-4H3,(H,43,44). The Hall–Kier alpha value is -2.11. The van der Waals surface area contributed by atoms with E-state index in [0.717, 1.165) is 75.3 Å². The van der Waals surface area contributed by atoms with Gasteiger partial charge < -0.3 is 24.4 Å². The number of hydrogen-bond donors (Lipinski definition) is 2. The number of carboxylic acid groups (broad SMARTS) is 1. The molecule has 0 aromatic heterocycles. The maximum atomic E-state index is 11.9. The second-order valence-corrected chi connectivity index (χ2v) is 13.6. The SMILES string of the molecule is CCCCCCCCCCOc1c(CCCCCCC)c(CCCCCCC)c(O)c(OC(=O)O)c1OCCCCCCCCCC. The van der Waals surface area contributed by atoms with Gasteiger partial charge in [0.05, 0.1) is 13.2 Å². The van der Waals surface area contributed by atoms with E-state index in [1.807, 2.05) is 0 Å². The Morgan fingerprint density at radius 1 is 0.447 bits per heavy atom. The van der Waals surface area contributed by atoms with Crippen LogP contribution in [0.25, 0.3) is 0 Å². The molecule has 0 aliphatic heterocycles. The number of unbranched alkanes of at least 4 members (excludes halogenated alkanes) is 22. The molecule has 0 aliphatic rings. The quantitative estimate of drug-likeness (QED) is 0.0442. The van der Waals surface area contributed by atoms with E-state index in [4.69, 9.17) is 14.2 Å². The van der Waals surface area contributed by atoms with Gasteiger partial charge in [0.1, 0.15) is 0 Å². The molecule has 0 saturated carbocycles. The second kappa shape index (κ2) is 30.0. The van der Waals surface area contributed by atoms with Gasteiger partial charge in [-0.3, -0.25) is 0 Å². The van der Waals surface area contributed by atoms with Crippen molar-refractivity contribution in [1.29, 1.82) is 0 Å². The first-order chi connectivity index (χ1) is 23.0. The van der Waals surface area contributed by atoms with E-state index in [0.29, 0.717) is 25.4 Å². The lowest BCUT2D eigenvalue weighted by Crippen LogP contribution is -2.12. The maximum absolute atomic E-state index is 11.9. The van der Waals surface area contributed by atoms with Crippen LogP contribution in [0, 0.1) is 0 Å². The van der Waals surface area contributed by atoms with Crippen molar-refractivity contribution in [1.82, 2.24) is 0 Å². The molecule has 6 heteroatoms. The van der Waals surface area contributed by atoms with Gasteiger partial charge in [0.15, 0.2) is 11.5 Å². The Labute approximate surface area is 289 Å². The van der Waals surface area contributed by atoms with Crippen LogP contribution in [0.2, 0.25) is 0 Å². The number of hydrogen-bond acceptors (Lipinski definition) is 5. The smallest absolute Gasteiger partial charge is 0.504 e. The number of carbonyl (C=O) groups is 1. The molecule has 0 amide bonds. The molecule has 1 aromatic rings. The zero-order chi connectivity index (χ0) is 34.4. The summed E-state index contributed by atoms with van der Waals surface area (Å²) in [7, 11) is 0. The van der Waals surface area contributed by atoms with E-state index in [9.17, 15) is 15.0 Å². The fourth-order valence-corrected chi connectivity index (χ4v) is 6.40. The predicted molar refractivity (Wildman–Crippen MR) is 198 cm³/mol. The highest BCUT2D eigenvalue weighted by atomic mass is 16.7. The van der Waals surface area contributed by atoms with Gasteiger partial charge in [-0.05, 0) is 38.5 Å². The van der Waals surface area contributed by atoms with Gasteiger partial charge in [-0.25, -0.2) is 4.79 Å². The minimum absolute atomic E-state index is 0.0863. The van der Waals surface area contributed by atoms with Crippen LogP contribution in [-0.4, -0.2) is 29.6 Å². The third-order valence-corrected chi connectivity index (χ3v) is 9.29. The van der Waals surface area contributed by atoms with Gasteiger partial charge in [-0.2, -0.15) is 0 Å². The van der Waals surface area contributed by atoms with E-state index in [-0.39, 0.29) is 17.2 Å². The third kappa shape index (κ3) is 20.1. The van der Waals surface area contributed by atoms with E-state index in [2.05, 4.69) is 27.7 Å². The molecular weight excluding hydrogens is 588 g/mol. The van der Waals surface area contributed by atoms with E-state index < -0.39 is 6.16 Å². The predicted octanol–water partition coefficient (Wildman–Crippen LogP) is 13.5. The van der Waals surface area contributed by atoms with Crippen molar-refractivity contribution >= 4 is 6.16 Å². The molecule has 0 radical (unpaired) electrons. The first kappa shape index (κ1) is 42.9. The molecule has 6 nitrogen and oxygen atoms in total. The molecular formula is C41H74O6. The summed E-state index contributed by atoms with van der Waals surface area (Å²) in [4.78, 5) is 11.9. The normalized spacial score (nSPS) is 11.2. The molecule has 274 valence electrons. The van der Waals surface area contributed by atoms with Crippen molar-refractivity contribution in [3.8, 4) is 23.0 Å². The molecule has 0 heterocycles. The number of ether oxygens (including phenoxy) is 3. The number of aromatic hydroxyl groups is 1. The molecule has 0 unspecified atom stereocenters. The number of phenolic OH excluding ortho intramolecular Hbond substituents is 1. The largest absolute Gasteiger partial charge is 0.511 e. The first-order valence-electron chi connectivity index (χ1n) is 20.1. The molecule has 1 aromatic carbocycles. The van der Waals surface area contributed by atoms with Crippen LogP contribution in [-0.2, 0) is 12.8 Å². The number of rotatable bonds is 33. The van der Waals surface area contributed by atoms with Gasteiger partial charge >= 0.3 is 6.16 Å². The van der Waals surface area contributed by atoms with Gasteiger partial charge in [0.25, 0.3) is 0 Å². The average Bonchev–Trinajstić information content (AvgIpc) is 3.06. The Kier molecular flexibility index (Phi) is 27.4. The fraction of sp³-hybridized carbons (Fsp3) is 0.829. The molecule has 0 saturated heterocycles. The minimum Gasteiger partial charge on any atom is -0.504 e. The number of benzene rings is 1. The summed E-state index contributed by atoms with van der Waals surface area (Å²) in [6.07, 6.45) is 30.4. The lowest BCUT2D eigenvalue weighted by Gasteiger charge is -2.23. The number of phenols is 1. The monoisotopic (exact) mass is 663 g/mol. The van der Waals surface area contributed by atoms with Gasteiger partial charge in [-0.15, -0.1) is 0 Å². The molecule has 0 fully saturated rings. The zero-order valence-electron chi connectivity index (χ0n) is 31.2. The topological polar surface area (TPSA) is 85.2 Å². The summed E-state index contributed by atoms with van der Waals surface area (Å²) < 4.78 is 18.2. The molecule has 0 atom stereocenters. The van der Waals surface area contributed by atoms with Gasteiger partial charge in [0.2, 0.25) is 11.5 Å². The molecule has 2 N–H and O–H groups in total. The van der Waals surface area contributed by atoms with E-state index >= 15 is 0 Å². The lowest BCUT2D eigenvalue weighted by atomic mass is 9.93. The Morgan fingerprint density at radius 3 is 1.19 bits per heavy atom. The van der Waals surface area contributed by atoms with Crippen LogP contribution in [0.3, 0.4) is 0 Å². The third-order valence-electron chi connectivity index (χ3n) is 9.29. The highest BCUT2D eigenvalue weighted by molar-refractivity contribution is 5.72. The molecule has 0 spiro atoms. The Morgan fingerprint density at radius 2 is 0.787 bits per heavy atom. The van der Waals surface area contributed by atoms with Crippen LogP contribution in [0.4, 0.5) is 4.79 Å². The summed E-state index contributed by atoms with van der Waals surface area (Å²) in [6.45, 7) is 9.90. The van der Waals surface area contributed by atoms with Crippen LogP contribution < -0.4 is 14.2 Å². The summed E-state index contributed by atoms with van der Waals surface area (Å²) in [5, 5.41) is 21.3. The summed E-state index contributed by atoms with van der Waals surface area (Å²) >= 11 is 0. The van der Waals surface area contributed by atoms with E-state index in [1.165, 1.54) is 109 Å². The molecule has 1 rings (SSSR count). The first-order valence-corrected chi connectivity index (χ1v) is 20.1. The van der Waals surface area contributed by atoms with Crippen molar-refractivity contribution in [3.05, 3.63) is 11.1 Å². The van der Waals surface area contributed by atoms with Crippen LogP contribution in [0.15, 0.2) is 0 Å². The fourth-order valence-electron chi connectivity index (χ4n) is 6.40. The van der Waals surface area contributed by atoms with Crippen molar-refractivity contribution < 1.29 is 29.2 Å². The Bertz CT molecular complexity index is 899. The molecule has 0 bridgehead atoms. The Balaban J connectivity index is 3.26. The molecule has 47 heavy (non-hydrogen) atoms. The summed E-state index contributed by atoms with van der Waals surface area (Å²) in [5.74, 6) is 0.685. The summed E-state index contributed by atoms with van der Waals surface area (Å²) in [5.41, 5.74) is 1.76. The zero-order valence-corrected chi connectivity index (χ0v) is 31.2. The van der Waals surface area contributed by atoms with Crippen LogP contribution in [0.1, 0.15) is 206 Å². The van der Waals surface area contributed by atoms with Crippen LogP contribution in [0.5, 0.6) is 23.0 Å². The second-order valence-electron chi connectivity index (χ2n) is 13.6. The van der Waals surface area contributed by atoms with Gasteiger partial charge in [0, 0.05) is 11.1 Å². The van der Waals surface area contributed by atoms with Gasteiger partial charge in [-0.1, -0.05) is 169 Å². The lowest BCUT2D eigenvalue weighted by molar-refractivity contribution is 0.139. The highest BCUT2D eigenvalue weighted by Gasteiger charge is 2.29. The molecule has 0 aliphatic carbocycles. The minimum atomic E-state index is -1.45. The van der Waals surface area contributed by atoms with Crippen molar-refractivity contribution in [2.24, 2.45) is 0 Å². The van der Waals surface area contributed by atoms with Crippen LogP contribution >= 0.6 is 0 Å². The summed E-state index contributed by atoms with van der Waals surface area (Å²) in [6, 6.07) is 0.